The number of nitrogens with two attached hydrogens (primary N) is 1. The van der Waals surface area contributed by atoms with Crippen molar-refractivity contribution in [3.8, 4) is 0 Å². The predicted octanol–water partition coefficient (Wildman–Crippen LogP) is 4.96. The number of nitrogens with zero attached hydrogens (tertiary/aromatic N) is 1. The number of hydrogen-bond donors (Lipinski definition) is 1. The lowest BCUT2D eigenvalue weighted by Gasteiger charge is -2.27. The molecule has 1 aliphatic rings. The van der Waals surface area contributed by atoms with Crippen molar-refractivity contribution in [1.29, 1.82) is 0 Å². The van der Waals surface area contributed by atoms with Crippen LogP contribution in [0.15, 0.2) is 71.2 Å². The van der Waals surface area contributed by atoms with Gasteiger partial charge in [-0.2, -0.15) is 11.8 Å². The molecule has 0 saturated carbocycles. The van der Waals surface area contributed by atoms with Crippen molar-refractivity contribution in [3.05, 3.63) is 99.0 Å². The zero-order valence-corrected chi connectivity index (χ0v) is 25.8. The number of carbonyl (C=O) groups excluding carboxylic acids is 3. The fourth-order valence-electron chi connectivity index (χ4n) is 4.52. The topological polar surface area (TPSA) is 108 Å². The highest BCUT2D eigenvalue weighted by atomic mass is 79.9. The lowest BCUT2D eigenvalue weighted by molar-refractivity contribution is -0.142. The van der Waals surface area contributed by atoms with Crippen LogP contribution in [0.5, 0.6) is 0 Å². The van der Waals surface area contributed by atoms with E-state index < -0.39 is 5.97 Å². The van der Waals surface area contributed by atoms with Gasteiger partial charge in [-0.3, -0.25) is 14.5 Å². The lowest BCUT2D eigenvalue weighted by atomic mass is 9.97. The molecule has 3 aromatic carbocycles. The van der Waals surface area contributed by atoms with Crippen LogP contribution in [0.1, 0.15) is 37.4 Å². The van der Waals surface area contributed by atoms with Crippen LogP contribution < -0.4 is 5.73 Å². The third-order valence-electron chi connectivity index (χ3n) is 6.80. The van der Waals surface area contributed by atoms with Crippen molar-refractivity contribution in [2.24, 2.45) is 0 Å². The van der Waals surface area contributed by atoms with E-state index in [0.29, 0.717) is 52.6 Å². The van der Waals surface area contributed by atoms with E-state index in [4.69, 9.17) is 19.9 Å². The summed E-state index contributed by atoms with van der Waals surface area (Å²) < 4.78 is 16.9. The number of Topliss-reactive ketones (excluding diaryl/α,β-unsaturated/α-hetero) is 1. The van der Waals surface area contributed by atoms with E-state index in [1.54, 1.807) is 24.3 Å². The summed E-state index contributed by atoms with van der Waals surface area (Å²) in [6, 6.07) is 20.0. The molecule has 1 saturated heterocycles. The Bertz CT molecular complexity index is 1360. The maximum absolute atomic E-state index is 12.7. The van der Waals surface area contributed by atoms with Gasteiger partial charge in [-0.05, 0) is 44.8 Å². The van der Waals surface area contributed by atoms with E-state index in [2.05, 4.69) is 20.8 Å². The van der Waals surface area contributed by atoms with E-state index >= 15 is 0 Å². The molecule has 8 nitrogen and oxygen atoms in total. The second-order valence-electron chi connectivity index (χ2n) is 9.80. The van der Waals surface area contributed by atoms with Crippen LogP contribution in [0.25, 0.3) is 0 Å². The number of benzene rings is 3. The molecule has 4 rings (SSSR count). The molecule has 3 aromatic rings. The molecule has 0 spiro atoms. The minimum atomic E-state index is -0.407. The Morgan fingerprint density at radius 2 is 1.48 bits per heavy atom. The van der Waals surface area contributed by atoms with Crippen molar-refractivity contribution in [3.63, 3.8) is 0 Å². The van der Waals surface area contributed by atoms with Gasteiger partial charge in [0.15, 0.2) is 5.78 Å². The molecule has 0 atom stereocenters. The number of nitrogen functional groups attached to an aromatic ring is 1. The van der Waals surface area contributed by atoms with Crippen molar-refractivity contribution >= 4 is 51.1 Å². The maximum Gasteiger partial charge on any atom is 0.338 e. The van der Waals surface area contributed by atoms with Crippen LogP contribution in [-0.2, 0) is 38.4 Å². The highest BCUT2D eigenvalue weighted by molar-refractivity contribution is 9.10. The summed E-state index contributed by atoms with van der Waals surface area (Å²) in [5.41, 5.74) is 10.4. The molecule has 1 aliphatic heterocycles. The number of hydrogen-bond acceptors (Lipinski definition) is 9. The van der Waals surface area contributed by atoms with Gasteiger partial charge in [0.2, 0.25) is 0 Å². The SMILES string of the molecule is Nc1c(Br)cc(C(=O)OCCSCCOC(=O)Cc2ccccc2CC(=O)c2ccccc2)cc1CN1CCOCC1. The standard InChI is InChI=1S/C32H35BrN2O6S/c33-28-19-26(18-27(31(28)34)22-35-10-12-39-13-11-35)32(38)41-15-17-42-16-14-40-30(37)21-25-9-5-4-8-24(25)20-29(36)23-6-2-1-3-7-23/h1-9,18-19H,10-17,20-22,34H2. The van der Waals surface area contributed by atoms with E-state index in [-0.39, 0.29) is 37.8 Å². The predicted molar refractivity (Wildman–Crippen MR) is 168 cm³/mol. The maximum atomic E-state index is 12.7. The lowest BCUT2D eigenvalue weighted by Crippen LogP contribution is -2.35. The number of esters is 2. The number of rotatable bonds is 14. The Hall–Kier alpha value is -3.18. The molecular formula is C32H35BrN2O6S. The zero-order valence-electron chi connectivity index (χ0n) is 23.4. The molecule has 42 heavy (non-hydrogen) atoms. The Balaban J connectivity index is 1.15. The van der Waals surface area contributed by atoms with Gasteiger partial charge >= 0.3 is 11.9 Å². The molecule has 1 heterocycles. The fourth-order valence-corrected chi connectivity index (χ4v) is 5.63. The monoisotopic (exact) mass is 654 g/mol. The molecule has 0 aliphatic carbocycles. The van der Waals surface area contributed by atoms with Crippen LogP contribution in [0, 0.1) is 0 Å². The van der Waals surface area contributed by atoms with Gasteiger partial charge in [0.25, 0.3) is 0 Å². The third-order valence-corrected chi connectivity index (χ3v) is 8.37. The number of ketones is 1. The fraction of sp³-hybridized carbons (Fsp3) is 0.344. The average molecular weight is 656 g/mol. The van der Waals surface area contributed by atoms with Crippen LogP contribution in [0.3, 0.4) is 0 Å². The summed E-state index contributed by atoms with van der Waals surface area (Å²) in [6.45, 7) is 4.14. The third kappa shape index (κ3) is 9.69. The highest BCUT2D eigenvalue weighted by Crippen LogP contribution is 2.27. The van der Waals surface area contributed by atoms with Gasteiger partial charge in [0, 0.05) is 47.6 Å². The van der Waals surface area contributed by atoms with Crippen molar-refractivity contribution < 1.29 is 28.6 Å². The van der Waals surface area contributed by atoms with Gasteiger partial charge < -0.3 is 19.9 Å². The molecule has 2 N–H and O–H groups in total. The molecule has 222 valence electrons. The summed E-state index contributed by atoms with van der Waals surface area (Å²) in [4.78, 5) is 40.0. The largest absolute Gasteiger partial charge is 0.465 e. The second kappa shape index (κ2) is 16.5. The summed E-state index contributed by atoms with van der Waals surface area (Å²) in [7, 11) is 0. The number of ether oxygens (including phenoxy) is 3. The summed E-state index contributed by atoms with van der Waals surface area (Å²) in [6.07, 6.45) is 0.329. The Morgan fingerprint density at radius 3 is 2.19 bits per heavy atom. The Kier molecular flexibility index (Phi) is 12.4. The quantitative estimate of drug-likeness (QED) is 0.112. The number of halogens is 1. The minimum Gasteiger partial charge on any atom is -0.465 e. The van der Waals surface area contributed by atoms with Crippen LogP contribution >= 0.6 is 27.7 Å². The molecule has 1 fully saturated rings. The molecule has 0 radical (unpaired) electrons. The highest BCUT2D eigenvalue weighted by Gasteiger charge is 2.17. The molecule has 0 aromatic heterocycles. The minimum absolute atomic E-state index is 0.00553. The van der Waals surface area contributed by atoms with Crippen molar-refractivity contribution in [1.82, 2.24) is 4.90 Å². The second-order valence-corrected chi connectivity index (χ2v) is 11.9. The first-order valence-corrected chi connectivity index (χ1v) is 15.8. The van der Waals surface area contributed by atoms with Gasteiger partial charge in [-0.1, -0.05) is 54.6 Å². The summed E-state index contributed by atoms with van der Waals surface area (Å²) in [5.74, 6) is 0.406. The van der Waals surface area contributed by atoms with Gasteiger partial charge in [0.1, 0.15) is 13.2 Å². The first-order chi connectivity index (χ1) is 20.4. The van der Waals surface area contributed by atoms with Crippen molar-refractivity contribution in [2.75, 3.05) is 56.8 Å². The van der Waals surface area contributed by atoms with Gasteiger partial charge in [0.05, 0.1) is 30.9 Å². The number of morpholine rings is 1. The normalized spacial score (nSPS) is 13.5. The summed E-state index contributed by atoms with van der Waals surface area (Å²) >= 11 is 4.99. The molecule has 0 amide bonds. The van der Waals surface area contributed by atoms with Crippen LogP contribution in [0.2, 0.25) is 0 Å². The van der Waals surface area contributed by atoms with Crippen LogP contribution in [-0.4, -0.2) is 73.6 Å². The molecular weight excluding hydrogens is 620 g/mol. The van der Waals surface area contributed by atoms with E-state index in [1.807, 2.05) is 42.5 Å². The molecule has 0 bridgehead atoms. The smallest absolute Gasteiger partial charge is 0.338 e. The number of anilines is 1. The average Bonchev–Trinajstić information content (AvgIpc) is 3.00. The first-order valence-electron chi connectivity index (χ1n) is 13.8. The van der Waals surface area contributed by atoms with Gasteiger partial charge in [-0.15, -0.1) is 0 Å². The number of thioether (sulfide) groups is 1. The van der Waals surface area contributed by atoms with E-state index in [0.717, 1.165) is 29.8 Å². The van der Waals surface area contributed by atoms with Crippen molar-refractivity contribution in [2.45, 2.75) is 19.4 Å². The zero-order chi connectivity index (χ0) is 29.7. The first kappa shape index (κ1) is 31.7. The number of carbonyl (C=O) groups is 3. The van der Waals surface area contributed by atoms with E-state index in [9.17, 15) is 14.4 Å². The Morgan fingerprint density at radius 1 is 0.833 bits per heavy atom. The molecule has 0 unspecified atom stereocenters. The van der Waals surface area contributed by atoms with Crippen LogP contribution in [0.4, 0.5) is 5.69 Å². The van der Waals surface area contributed by atoms with Gasteiger partial charge in [-0.25, -0.2) is 4.79 Å². The summed E-state index contributed by atoms with van der Waals surface area (Å²) in [5, 5.41) is 0. The van der Waals surface area contributed by atoms with E-state index in [1.165, 1.54) is 11.8 Å². The Labute approximate surface area is 259 Å². The molecule has 10 heteroatoms.